The highest BCUT2D eigenvalue weighted by atomic mass is 15.2. The molecule has 2 nitrogen and oxygen atoms in total. The number of rotatable bonds is 5. The van der Waals surface area contributed by atoms with Crippen LogP contribution >= 0.6 is 0 Å². The molecule has 0 spiro atoms. The van der Waals surface area contributed by atoms with Crippen LogP contribution in [0.1, 0.15) is 56.9 Å². The van der Waals surface area contributed by atoms with E-state index in [-0.39, 0.29) is 0 Å². The molecule has 21 heavy (non-hydrogen) atoms. The lowest BCUT2D eigenvalue weighted by atomic mass is 9.81. The molecule has 1 aromatic rings. The zero-order valence-electron chi connectivity index (χ0n) is 13.4. The van der Waals surface area contributed by atoms with Crippen LogP contribution in [0.4, 0.5) is 0 Å². The highest BCUT2D eigenvalue weighted by Gasteiger charge is 2.27. The summed E-state index contributed by atoms with van der Waals surface area (Å²) in [7, 11) is 0. The molecule has 1 atom stereocenters. The SMILES string of the molecule is CCN(CC1CCCN1)C1CCC(c2ccccc2)CC1. The summed E-state index contributed by atoms with van der Waals surface area (Å²) >= 11 is 0. The summed E-state index contributed by atoms with van der Waals surface area (Å²) in [6.45, 7) is 6.03. The second kappa shape index (κ2) is 7.42. The van der Waals surface area contributed by atoms with E-state index in [1.807, 2.05) is 0 Å². The van der Waals surface area contributed by atoms with Crippen LogP contribution in [0, 0.1) is 0 Å². The van der Waals surface area contributed by atoms with Crippen molar-refractivity contribution in [2.75, 3.05) is 19.6 Å². The maximum Gasteiger partial charge on any atom is 0.0195 e. The van der Waals surface area contributed by atoms with E-state index in [9.17, 15) is 0 Å². The first-order valence-electron chi connectivity index (χ1n) is 8.89. The van der Waals surface area contributed by atoms with Crippen molar-refractivity contribution >= 4 is 0 Å². The van der Waals surface area contributed by atoms with Gasteiger partial charge in [0, 0.05) is 18.6 Å². The van der Waals surface area contributed by atoms with Gasteiger partial charge >= 0.3 is 0 Å². The van der Waals surface area contributed by atoms with E-state index in [0.717, 1.165) is 18.0 Å². The lowest BCUT2D eigenvalue weighted by Gasteiger charge is -2.37. The second-order valence-electron chi connectivity index (χ2n) is 6.80. The van der Waals surface area contributed by atoms with E-state index in [0.29, 0.717) is 0 Å². The molecule has 0 radical (unpaired) electrons. The van der Waals surface area contributed by atoms with Crippen molar-refractivity contribution in [2.24, 2.45) is 0 Å². The van der Waals surface area contributed by atoms with Gasteiger partial charge in [0.05, 0.1) is 0 Å². The van der Waals surface area contributed by atoms with Gasteiger partial charge in [0.2, 0.25) is 0 Å². The number of hydrogen-bond donors (Lipinski definition) is 1. The van der Waals surface area contributed by atoms with Gasteiger partial charge in [0.25, 0.3) is 0 Å². The Hall–Kier alpha value is -0.860. The van der Waals surface area contributed by atoms with E-state index in [2.05, 4.69) is 47.5 Å². The fourth-order valence-corrected chi connectivity index (χ4v) is 4.23. The average Bonchev–Trinajstić information content (AvgIpc) is 3.07. The van der Waals surface area contributed by atoms with Crippen molar-refractivity contribution in [3.8, 4) is 0 Å². The largest absolute Gasteiger partial charge is 0.313 e. The monoisotopic (exact) mass is 286 g/mol. The predicted octanol–water partition coefficient (Wildman–Crippen LogP) is 3.79. The standard InChI is InChI=1S/C19H30N2/c1-2-21(15-18-9-6-14-20-18)19-12-10-17(11-13-19)16-7-4-3-5-8-16/h3-5,7-8,17-20H,2,6,9-15H2,1H3. The summed E-state index contributed by atoms with van der Waals surface area (Å²) in [6, 6.07) is 12.7. The number of nitrogens with one attached hydrogen (secondary N) is 1. The van der Waals surface area contributed by atoms with E-state index < -0.39 is 0 Å². The van der Waals surface area contributed by atoms with E-state index in [4.69, 9.17) is 0 Å². The molecule has 0 bridgehead atoms. The van der Waals surface area contributed by atoms with Gasteiger partial charge in [-0.3, -0.25) is 4.90 Å². The lowest BCUT2D eigenvalue weighted by Crippen LogP contribution is -2.44. The molecule has 2 aliphatic rings. The highest BCUT2D eigenvalue weighted by Crippen LogP contribution is 2.34. The van der Waals surface area contributed by atoms with Crippen molar-refractivity contribution in [3.05, 3.63) is 35.9 Å². The van der Waals surface area contributed by atoms with E-state index >= 15 is 0 Å². The third kappa shape index (κ3) is 3.87. The predicted molar refractivity (Wildman–Crippen MR) is 89.7 cm³/mol. The molecule has 3 rings (SSSR count). The minimum absolute atomic E-state index is 0.747. The molecule has 2 heteroatoms. The zero-order chi connectivity index (χ0) is 14.5. The minimum Gasteiger partial charge on any atom is -0.313 e. The summed E-state index contributed by atoms with van der Waals surface area (Å²) in [5.41, 5.74) is 1.55. The summed E-state index contributed by atoms with van der Waals surface area (Å²) in [6.07, 6.45) is 8.21. The first-order valence-corrected chi connectivity index (χ1v) is 8.89. The fourth-order valence-electron chi connectivity index (χ4n) is 4.23. The van der Waals surface area contributed by atoms with Crippen LogP contribution in [0.25, 0.3) is 0 Å². The van der Waals surface area contributed by atoms with E-state index in [1.165, 1.54) is 58.2 Å². The number of benzene rings is 1. The Balaban J connectivity index is 1.51. The molecule has 1 heterocycles. The fraction of sp³-hybridized carbons (Fsp3) is 0.684. The Morgan fingerprint density at radius 2 is 1.81 bits per heavy atom. The molecule has 1 saturated heterocycles. The number of hydrogen-bond acceptors (Lipinski definition) is 2. The molecule has 0 aromatic heterocycles. The summed E-state index contributed by atoms with van der Waals surface area (Å²) in [5.74, 6) is 0.797. The van der Waals surface area contributed by atoms with Gasteiger partial charge in [-0.25, -0.2) is 0 Å². The van der Waals surface area contributed by atoms with Crippen LogP contribution in [0.2, 0.25) is 0 Å². The van der Waals surface area contributed by atoms with Gasteiger partial charge in [0.15, 0.2) is 0 Å². The van der Waals surface area contributed by atoms with Crippen LogP contribution in [0.5, 0.6) is 0 Å². The molecular formula is C19H30N2. The molecule has 116 valence electrons. The Bertz CT molecular complexity index is 403. The summed E-state index contributed by atoms with van der Waals surface area (Å²) in [5, 5.41) is 3.65. The Morgan fingerprint density at radius 3 is 2.43 bits per heavy atom. The van der Waals surface area contributed by atoms with Crippen molar-refractivity contribution in [2.45, 2.75) is 63.5 Å². The normalized spacial score (nSPS) is 29.9. The van der Waals surface area contributed by atoms with Crippen LogP contribution in [-0.4, -0.2) is 36.6 Å². The molecule has 2 fully saturated rings. The van der Waals surface area contributed by atoms with Crippen LogP contribution < -0.4 is 5.32 Å². The van der Waals surface area contributed by atoms with Gasteiger partial charge in [-0.15, -0.1) is 0 Å². The van der Waals surface area contributed by atoms with Gasteiger partial charge in [0.1, 0.15) is 0 Å². The molecular weight excluding hydrogens is 256 g/mol. The summed E-state index contributed by atoms with van der Waals surface area (Å²) < 4.78 is 0. The number of nitrogens with zero attached hydrogens (tertiary/aromatic N) is 1. The summed E-state index contributed by atoms with van der Waals surface area (Å²) in [4.78, 5) is 2.74. The van der Waals surface area contributed by atoms with Crippen LogP contribution in [0.3, 0.4) is 0 Å². The van der Waals surface area contributed by atoms with Crippen LogP contribution in [0.15, 0.2) is 30.3 Å². The van der Waals surface area contributed by atoms with Gasteiger partial charge in [-0.05, 0) is 63.1 Å². The molecule has 1 saturated carbocycles. The van der Waals surface area contributed by atoms with Crippen molar-refractivity contribution in [1.82, 2.24) is 10.2 Å². The smallest absolute Gasteiger partial charge is 0.0195 e. The van der Waals surface area contributed by atoms with Gasteiger partial charge < -0.3 is 5.32 Å². The zero-order valence-corrected chi connectivity index (χ0v) is 13.4. The molecule has 1 unspecified atom stereocenters. The lowest BCUT2D eigenvalue weighted by molar-refractivity contribution is 0.144. The maximum atomic E-state index is 3.65. The highest BCUT2D eigenvalue weighted by molar-refractivity contribution is 5.20. The maximum absolute atomic E-state index is 3.65. The molecule has 1 aromatic carbocycles. The molecule has 0 amide bonds. The van der Waals surface area contributed by atoms with Gasteiger partial charge in [-0.1, -0.05) is 37.3 Å². The third-order valence-corrected chi connectivity index (χ3v) is 5.51. The quantitative estimate of drug-likeness (QED) is 0.886. The average molecular weight is 286 g/mol. The Morgan fingerprint density at radius 1 is 1.05 bits per heavy atom. The Labute approximate surface area is 129 Å². The molecule has 1 aliphatic carbocycles. The number of likely N-dealkylation sites (N-methyl/N-ethyl adjacent to an activating group) is 1. The molecule has 1 aliphatic heterocycles. The van der Waals surface area contributed by atoms with Crippen molar-refractivity contribution in [1.29, 1.82) is 0 Å². The first kappa shape index (κ1) is 15.1. The van der Waals surface area contributed by atoms with Crippen molar-refractivity contribution < 1.29 is 0 Å². The third-order valence-electron chi connectivity index (χ3n) is 5.51. The topological polar surface area (TPSA) is 15.3 Å². The molecule has 1 N–H and O–H groups in total. The second-order valence-corrected chi connectivity index (χ2v) is 6.80. The van der Waals surface area contributed by atoms with Crippen LogP contribution in [-0.2, 0) is 0 Å². The van der Waals surface area contributed by atoms with E-state index in [1.54, 1.807) is 5.56 Å². The first-order chi connectivity index (χ1) is 10.4. The Kier molecular flexibility index (Phi) is 5.32. The van der Waals surface area contributed by atoms with Crippen molar-refractivity contribution in [3.63, 3.8) is 0 Å². The minimum atomic E-state index is 0.747. The van der Waals surface area contributed by atoms with Gasteiger partial charge in [-0.2, -0.15) is 0 Å².